The lowest BCUT2D eigenvalue weighted by Crippen LogP contribution is -2.13. The summed E-state index contributed by atoms with van der Waals surface area (Å²) in [6, 6.07) is 0.951. The zero-order valence-corrected chi connectivity index (χ0v) is 14.9. The third-order valence-corrected chi connectivity index (χ3v) is 2.99. The molecule has 1 amide bonds. The highest BCUT2D eigenvalue weighted by atomic mass is 19.4. The van der Waals surface area contributed by atoms with Crippen LogP contribution in [0.3, 0.4) is 0 Å². The molecule has 1 rings (SSSR count). The van der Waals surface area contributed by atoms with Crippen molar-refractivity contribution in [3.8, 4) is 0 Å². The first-order chi connectivity index (χ1) is 12.1. The number of nitrogens with zero attached hydrogens (tertiary/aromatic N) is 4. The number of rotatable bonds is 6. The summed E-state index contributed by atoms with van der Waals surface area (Å²) in [5, 5.41) is 2.41. The van der Waals surface area contributed by atoms with E-state index in [0.29, 0.717) is 11.4 Å². The molecule has 1 heterocycles. The zero-order chi connectivity index (χ0) is 19.7. The van der Waals surface area contributed by atoms with Gasteiger partial charge in [0.15, 0.2) is 5.82 Å². The Hall–Kier alpha value is -2.97. The Morgan fingerprint density at radius 1 is 1.35 bits per heavy atom. The molecule has 9 heteroatoms. The molecule has 0 unspecified atom stereocenters. The quantitative estimate of drug-likeness (QED) is 0.620. The molecule has 0 aliphatic carbocycles. The third kappa shape index (κ3) is 6.88. The van der Waals surface area contributed by atoms with E-state index in [4.69, 9.17) is 0 Å². The van der Waals surface area contributed by atoms with Gasteiger partial charge in [-0.1, -0.05) is 0 Å². The Morgan fingerprint density at radius 2 is 2.04 bits per heavy atom. The van der Waals surface area contributed by atoms with E-state index in [0.717, 1.165) is 12.3 Å². The molecule has 6 nitrogen and oxygen atoms in total. The fraction of sp³-hybridized carbons (Fsp3) is 0.294. The standard InChI is InChI=1S/C17H20F3N5O/c1-12(5-7-22-8-6-15(26)21-2)10-23-14-9-13(17(18,19)20)11-24-16(14)25(3)4/h5-11H,1-4H3,(H,21,26)/b8-6+,12-5+,22-7-,23-10?. The lowest BCUT2D eigenvalue weighted by atomic mass is 10.2. The van der Waals surface area contributed by atoms with Crippen molar-refractivity contribution in [3.05, 3.63) is 41.8 Å². The number of anilines is 1. The van der Waals surface area contributed by atoms with Crippen LogP contribution >= 0.6 is 0 Å². The number of aromatic nitrogens is 1. The summed E-state index contributed by atoms with van der Waals surface area (Å²) in [4.78, 5) is 24.3. The highest BCUT2D eigenvalue weighted by molar-refractivity contribution is 5.89. The molecule has 0 bridgehead atoms. The van der Waals surface area contributed by atoms with Gasteiger partial charge in [-0.25, -0.2) is 4.98 Å². The molecule has 0 saturated carbocycles. The van der Waals surface area contributed by atoms with Crippen molar-refractivity contribution < 1.29 is 18.0 Å². The van der Waals surface area contributed by atoms with E-state index in [1.165, 1.54) is 31.8 Å². The Morgan fingerprint density at radius 3 is 2.62 bits per heavy atom. The van der Waals surface area contributed by atoms with Crippen molar-refractivity contribution in [3.63, 3.8) is 0 Å². The predicted octanol–water partition coefficient (Wildman–Crippen LogP) is 3.15. The molecule has 0 aliphatic heterocycles. The summed E-state index contributed by atoms with van der Waals surface area (Å²) in [5.41, 5.74) is -0.101. The van der Waals surface area contributed by atoms with Crippen molar-refractivity contribution >= 4 is 29.8 Å². The molecule has 140 valence electrons. The van der Waals surface area contributed by atoms with Gasteiger partial charge in [0.25, 0.3) is 0 Å². The van der Waals surface area contributed by atoms with Gasteiger partial charge >= 0.3 is 6.18 Å². The fourth-order valence-electron chi connectivity index (χ4n) is 1.66. The maximum Gasteiger partial charge on any atom is 0.417 e. The molecular weight excluding hydrogens is 347 g/mol. The van der Waals surface area contributed by atoms with E-state index >= 15 is 0 Å². The van der Waals surface area contributed by atoms with E-state index in [1.807, 2.05) is 0 Å². The number of alkyl halides is 3. The second-order valence-electron chi connectivity index (χ2n) is 5.36. The van der Waals surface area contributed by atoms with Gasteiger partial charge in [-0.2, -0.15) is 13.2 Å². The van der Waals surface area contributed by atoms with Gasteiger partial charge < -0.3 is 10.2 Å². The number of amides is 1. The number of halogens is 3. The second kappa shape index (κ2) is 9.50. The largest absolute Gasteiger partial charge is 0.417 e. The molecule has 0 radical (unpaired) electrons. The number of hydrogen-bond donors (Lipinski definition) is 1. The van der Waals surface area contributed by atoms with Gasteiger partial charge in [-0.05, 0) is 24.6 Å². The number of allylic oxidation sites excluding steroid dienone is 2. The van der Waals surface area contributed by atoms with E-state index in [1.54, 1.807) is 32.0 Å². The number of nitrogens with one attached hydrogen (secondary N) is 1. The lowest BCUT2D eigenvalue weighted by molar-refractivity contribution is -0.137. The average Bonchev–Trinajstić information content (AvgIpc) is 2.58. The average molecular weight is 367 g/mol. The molecule has 0 aromatic carbocycles. The topological polar surface area (TPSA) is 70.0 Å². The molecule has 1 N–H and O–H groups in total. The normalized spacial score (nSPS) is 13.1. The van der Waals surface area contributed by atoms with Crippen molar-refractivity contribution in [1.29, 1.82) is 0 Å². The van der Waals surface area contributed by atoms with Crippen molar-refractivity contribution in [2.45, 2.75) is 13.1 Å². The molecule has 26 heavy (non-hydrogen) atoms. The molecule has 0 atom stereocenters. The minimum Gasteiger partial charge on any atom is -0.361 e. The predicted molar refractivity (Wildman–Crippen MR) is 97.2 cm³/mol. The van der Waals surface area contributed by atoms with Crippen LogP contribution in [-0.2, 0) is 11.0 Å². The third-order valence-electron chi connectivity index (χ3n) is 2.99. The van der Waals surface area contributed by atoms with Gasteiger partial charge in [-0.15, -0.1) is 0 Å². The van der Waals surface area contributed by atoms with Gasteiger partial charge in [0.2, 0.25) is 5.91 Å². The summed E-state index contributed by atoms with van der Waals surface area (Å²) >= 11 is 0. The maximum absolute atomic E-state index is 12.9. The van der Waals surface area contributed by atoms with E-state index < -0.39 is 11.7 Å². The number of carbonyl (C=O) groups excluding carboxylic acids is 1. The molecule has 0 fully saturated rings. The van der Waals surface area contributed by atoms with Gasteiger partial charge in [0, 0.05) is 52.0 Å². The van der Waals surface area contributed by atoms with Crippen LogP contribution in [0, 0.1) is 0 Å². The molecule has 1 aromatic heterocycles. The summed E-state index contributed by atoms with van der Waals surface area (Å²) in [6.45, 7) is 1.72. The summed E-state index contributed by atoms with van der Waals surface area (Å²) in [6.07, 6.45) is 3.33. The van der Waals surface area contributed by atoms with Crippen LogP contribution in [-0.4, -0.2) is 44.5 Å². The highest BCUT2D eigenvalue weighted by Gasteiger charge is 2.31. The van der Waals surface area contributed by atoms with E-state index in [9.17, 15) is 18.0 Å². The Balaban J connectivity index is 2.98. The molecule has 0 aliphatic rings. The Bertz CT molecular complexity index is 749. The maximum atomic E-state index is 12.9. The van der Waals surface area contributed by atoms with Crippen molar-refractivity contribution in [2.75, 3.05) is 26.0 Å². The molecule has 0 saturated heterocycles. The number of carbonyl (C=O) groups is 1. The molecule has 0 spiro atoms. The summed E-state index contributed by atoms with van der Waals surface area (Å²) in [7, 11) is 4.84. The number of likely N-dealkylation sites (N-methyl/N-ethyl adjacent to an activating group) is 1. The summed E-state index contributed by atoms with van der Waals surface area (Å²) < 4.78 is 38.6. The Kier molecular flexibility index (Phi) is 7.70. The Labute approximate surface area is 149 Å². The number of hydrogen-bond acceptors (Lipinski definition) is 5. The van der Waals surface area contributed by atoms with Crippen LogP contribution < -0.4 is 10.2 Å². The van der Waals surface area contributed by atoms with Gasteiger partial charge in [-0.3, -0.25) is 14.8 Å². The second-order valence-corrected chi connectivity index (χ2v) is 5.36. The first kappa shape index (κ1) is 21.1. The number of aliphatic imine (C=N–C) groups is 2. The van der Waals surface area contributed by atoms with Gasteiger partial charge in [0.05, 0.1) is 5.56 Å². The van der Waals surface area contributed by atoms with Crippen LogP contribution in [0.2, 0.25) is 0 Å². The lowest BCUT2D eigenvalue weighted by Gasteiger charge is -2.15. The first-order valence-electron chi connectivity index (χ1n) is 7.52. The van der Waals surface area contributed by atoms with E-state index in [2.05, 4.69) is 20.3 Å². The SMILES string of the molecule is CNC(=O)/C=C/N=C\C=C(/C)C=Nc1cc(C(F)(F)F)cnc1N(C)C. The number of pyridine rings is 1. The molecule has 1 aromatic rings. The fourth-order valence-corrected chi connectivity index (χ4v) is 1.66. The van der Waals surface area contributed by atoms with Crippen molar-refractivity contribution in [2.24, 2.45) is 9.98 Å². The van der Waals surface area contributed by atoms with Crippen LogP contribution in [0.15, 0.2) is 46.2 Å². The van der Waals surface area contributed by atoms with Crippen LogP contribution in [0.5, 0.6) is 0 Å². The zero-order valence-electron chi connectivity index (χ0n) is 14.9. The first-order valence-corrected chi connectivity index (χ1v) is 7.52. The monoisotopic (exact) mass is 367 g/mol. The minimum absolute atomic E-state index is 0.106. The highest BCUT2D eigenvalue weighted by Crippen LogP contribution is 2.34. The van der Waals surface area contributed by atoms with Crippen molar-refractivity contribution in [1.82, 2.24) is 10.3 Å². The van der Waals surface area contributed by atoms with Crippen LogP contribution in [0.25, 0.3) is 0 Å². The van der Waals surface area contributed by atoms with Crippen LogP contribution in [0.4, 0.5) is 24.7 Å². The van der Waals surface area contributed by atoms with E-state index in [-0.39, 0.29) is 11.6 Å². The minimum atomic E-state index is -4.49. The summed E-state index contributed by atoms with van der Waals surface area (Å²) in [5.74, 6) is 0.0434. The van der Waals surface area contributed by atoms with Crippen LogP contribution in [0.1, 0.15) is 12.5 Å². The molecular formula is C17H20F3N5O. The smallest absolute Gasteiger partial charge is 0.361 e. The van der Waals surface area contributed by atoms with Gasteiger partial charge in [0.1, 0.15) is 5.69 Å².